The fourth-order valence-corrected chi connectivity index (χ4v) is 2.81. The van der Waals surface area contributed by atoms with E-state index >= 15 is 0 Å². The van der Waals surface area contributed by atoms with Crippen LogP contribution in [0.2, 0.25) is 0 Å². The molecule has 0 amide bonds. The maximum Gasteiger partial charge on any atom is 0.492 e. The molecule has 0 bridgehead atoms. The Morgan fingerprint density at radius 2 is 2.30 bits per heavy atom. The van der Waals surface area contributed by atoms with E-state index in [4.69, 9.17) is 0 Å². The first-order valence-corrected chi connectivity index (χ1v) is 7.01. The van der Waals surface area contributed by atoms with E-state index in [-0.39, 0.29) is 5.92 Å². The molecule has 1 aromatic heterocycles. The molecule has 1 unspecified atom stereocenters. The van der Waals surface area contributed by atoms with Crippen molar-refractivity contribution in [3.63, 3.8) is 0 Å². The SMILES string of the molecule is O=C(ON1CCC(CSc2ccccn2)C1)C(F)(F)F. The van der Waals surface area contributed by atoms with Crippen LogP contribution in [0, 0.1) is 5.92 Å². The van der Waals surface area contributed by atoms with Gasteiger partial charge in [0.2, 0.25) is 0 Å². The lowest BCUT2D eigenvalue weighted by Crippen LogP contribution is -2.33. The van der Waals surface area contributed by atoms with E-state index < -0.39 is 12.1 Å². The van der Waals surface area contributed by atoms with Crippen molar-refractivity contribution in [2.45, 2.75) is 17.6 Å². The summed E-state index contributed by atoms with van der Waals surface area (Å²) in [4.78, 5) is 19.2. The zero-order valence-electron chi connectivity index (χ0n) is 10.5. The molecular formula is C12H13F3N2O2S. The van der Waals surface area contributed by atoms with Gasteiger partial charge in [-0.3, -0.25) is 0 Å². The molecule has 0 aliphatic carbocycles. The van der Waals surface area contributed by atoms with Crippen molar-refractivity contribution >= 4 is 17.7 Å². The minimum Gasteiger partial charge on any atom is -0.361 e. The molecule has 20 heavy (non-hydrogen) atoms. The second kappa shape index (κ2) is 6.45. The molecule has 1 fully saturated rings. The fraction of sp³-hybridized carbons (Fsp3) is 0.500. The summed E-state index contributed by atoms with van der Waals surface area (Å²) in [5, 5.41) is 1.96. The number of carbonyl (C=O) groups excluding carboxylic acids is 1. The number of halogens is 3. The lowest BCUT2D eigenvalue weighted by atomic mass is 10.2. The molecule has 4 nitrogen and oxygen atoms in total. The summed E-state index contributed by atoms with van der Waals surface area (Å²) in [5.41, 5.74) is 0. The summed E-state index contributed by atoms with van der Waals surface area (Å²) >= 11 is 1.54. The minimum atomic E-state index is -4.94. The van der Waals surface area contributed by atoms with Gasteiger partial charge in [-0.25, -0.2) is 9.78 Å². The lowest BCUT2D eigenvalue weighted by molar-refractivity contribution is -0.235. The summed E-state index contributed by atoms with van der Waals surface area (Å²) in [7, 11) is 0. The number of thioether (sulfide) groups is 1. The second-order valence-electron chi connectivity index (χ2n) is 4.40. The van der Waals surface area contributed by atoms with Crippen molar-refractivity contribution in [1.82, 2.24) is 10.0 Å². The zero-order valence-corrected chi connectivity index (χ0v) is 11.3. The van der Waals surface area contributed by atoms with E-state index in [9.17, 15) is 18.0 Å². The number of nitrogens with zero attached hydrogens (tertiary/aromatic N) is 2. The Labute approximate surface area is 118 Å². The summed E-state index contributed by atoms with van der Waals surface area (Å²) in [6, 6.07) is 5.57. The van der Waals surface area contributed by atoms with E-state index in [0.29, 0.717) is 19.5 Å². The molecule has 8 heteroatoms. The Morgan fingerprint density at radius 1 is 1.50 bits per heavy atom. The van der Waals surface area contributed by atoms with Crippen molar-refractivity contribution < 1.29 is 22.8 Å². The number of alkyl halides is 3. The Kier molecular flexibility index (Phi) is 4.87. The first-order chi connectivity index (χ1) is 9.45. The minimum absolute atomic E-state index is 0.183. The van der Waals surface area contributed by atoms with Gasteiger partial charge in [0.25, 0.3) is 0 Å². The maximum atomic E-state index is 12.1. The number of aromatic nitrogens is 1. The molecular weight excluding hydrogens is 293 g/mol. The molecule has 0 spiro atoms. The van der Waals surface area contributed by atoms with Crippen LogP contribution in [0.25, 0.3) is 0 Å². The quantitative estimate of drug-likeness (QED) is 0.800. The van der Waals surface area contributed by atoms with Gasteiger partial charge in [0.05, 0.1) is 5.03 Å². The van der Waals surface area contributed by atoms with E-state index in [1.54, 1.807) is 18.0 Å². The van der Waals surface area contributed by atoms with Crippen LogP contribution in [0.3, 0.4) is 0 Å². The predicted molar refractivity (Wildman–Crippen MR) is 66.8 cm³/mol. The highest BCUT2D eigenvalue weighted by atomic mass is 32.2. The van der Waals surface area contributed by atoms with Crippen molar-refractivity contribution in [1.29, 1.82) is 0 Å². The Hall–Kier alpha value is -1.28. The molecule has 0 saturated carbocycles. The Balaban J connectivity index is 1.74. The molecule has 0 N–H and O–H groups in total. The number of carbonyl (C=O) groups is 1. The highest BCUT2D eigenvalue weighted by molar-refractivity contribution is 7.99. The highest BCUT2D eigenvalue weighted by Crippen LogP contribution is 2.26. The van der Waals surface area contributed by atoms with E-state index in [0.717, 1.165) is 15.8 Å². The molecule has 1 aromatic rings. The number of pyridine rings is 1. The zero-order chi connectivity index (χ0) is 14.6. The first-order valence-electron chi connectivity index (χ1n) is 6.03. The summed E-state index contributed by atoms with van der Waals surface area (Å²) in [6.45, 7) is 0.650. The van der Waals surface area contributed by atoms with Crippen molar-refractivity contribution in [3.8, 4) is 0 Å². The smallest absolute Gasteiger partial charge is 0.361 e. The molecule has 1 atom stereocenters. The standard InChI is InChI=1S/C12H13F3N2O2S/c13-12(14,15)11(18)19-17-6-4-9(7-17)8-20-10-3-1-2-5-16-10/h1-3,5,9H,4,6-8H2. The van der Waals surface area contributed by atoms with Crippen LogP contribution in [-0.4, -0.2) is 41.0 Å². The van der Waals surface area contributed by atoms with E-state index in [1.165, 1.54) is 0 Å². The van der Waals surface area contributed by atoms with Gasteiger partial charge in [-0.1, -0.05) is 6.07 Å². The van der Waals surface area contributed by atoms with E-state index in [1.807, 2.05) is 18.2 Å². The number of hydroxylamine groups is 2. The fourth-order valence-electron chi connectivity index (χ4n) is 1.82. The third-order valence-electron chi connectivity index (χ3n) is 2.80. The third kappa shape index (κ3) is 4.38. The third-order valence-corrected chi connectivity index (χ3v) is 3.97. The molecule has 1 saturated heterocycles. The van der Waals surface area contributed by atoms with Gasteiger partial charge in [0.15, 0.2) is 0 Å². The number of hydrogen-bond donors (Lipinski definition) is 0. The summed E-state index contributed by atoms with van der Waals surface area (Å²) < 4.78 is 36.2. The highest BCUT2D eigenvalue weighted by Gasteiger charge is 2.43. The summed E-state index contributed by atoms with van der Waals surface area (Å²) in [6.07, 6.45) is -2.56. The molecule has 2 rings (SSSR count). The predicted octanol–water partition coefficient (Wildman–Crippen LogP) is 2.52. The van der Waals surface area contributed by atoms with Crippen LogP contribution < -0.4 is 0 Å². The van der Waals surface area contributed by atoms with Crippen LogP contribution in [0.5, 0.6) is 0 Å². The molecule has 0 aromatic carbocycles. The normalized spacial score (nSPS) is 20.1. The van der Waals surface area contributed by atoms with Gasteiger partial charge < -0.3 is 4.84 Å². The van der Waals surface area contributed by atoms with Crippen LogP contribution in [0.1, 0.15) is 6.42 Å². The van der Waals surface area contributed by atoms with Gasteiger partial charge >= 0.3 is 12.1 Å². The molecule has 1 aliphatic rings. The van der Waals surface area contributed by atoms with Gasteiger partial charge in [-0.15, -0.1) is 16.8 Å². The monoisotopic (exact) mass is 306 g/mol. The van der Waals surface area contributed by atoms with Gasteiger partial charge in [0, 0.05) is 25.0 Å². The maximum absolute atomic E-state index is 12.1. The molecule has 1 aliphatic heterocycles. The van der Waals surface area contributed by atoms with Gasteiger partial charge in [-0.2, -0.15) is 13.2 Å². The first kappa shape index (κ1) is 15.1. The number of hydrogen-bond acceptors (Lipinski definition) is 5. The Morgan fingerprint density at radius 3 is 2.95 bits per heavy atom. The van der Waals surface area contributed by atoms with Gasteiger partial charge in [0.1, 0.15) is 0 Å². The van der Waals surface area contributed by atoms with Crippen LogP contribution in [0.4, 0.5) is 13.2 Å². The van der Waals surface area contributed by atoms with Gasteiger partial charge in [-0.05, 0) is 24.5 Å². The lowest BCUT2D eigenvalue weighted by Gasteiger charge is -2.16. The van der Waals surface area contributed by atoms with Crippen molar-refractivity contribution in [2.75, 3.05) is 18.8 Å². The number of rotatable bonds is 4. The molecule has 2 heterocycles. The van der Waals surface area contributed by atoms with Crippen LogP contribution in [0.15, 0.2) is 29.4 Å². The van der Waals surface area contributed by atoms with Crippen molar-refractivity contribution in [2.24, 2.45) is 5.92 Å². The van der Waals surface area contributed by atoms with Crippen molar-refractivity contribution in [3.05, 3.63) is 24.4 Å². The largest absolute Gasteiger partial charge is 0.492 e. The average molecular weight is 306 g/mol. The van der Waals surface area contributed by atoms with E-state index in [2.05, 4.69) is 9.82 Å². The van der Waals surface area contributed by atoms with Crippen LogP contribution in [-0.2, 0) is 9.63 Å². The molecule has 0 radical (unpaired) electrons. The Bertz CT molecular complexity index is 456. The molecule has 110 valence electrons. The summed E-state index contributed by atoms with van der Waals surface area (Å²) in [5.74, 6) is -1.24. The average Bonchev–Trinajstić information content (AvgIpc) is 2.84. The topological polar surface area (TPSA) is 42.4 Å². The van der Waals surface area contributed by atoms with Crippen LogP contribution >= 0.6 is 11.8 Å². The second-order valence-corrected chi connectivity index (χ2v) is 5.44.